The number of hydrogen-bond donors (Lipinski definition) is 1. The van der Waals surface area contributed by atoms with Crippen molar-refractivity contribution in [3.05, 3.63) is 82.4 Å². The Kier molecular flexibility index (Phi) is 4.86. The minimum Gasteiger partial charge on any atom is -0.478 e. The summed E-state index contributed by atoms with van der Waals surface area (Å²) in [5.41, 5.74) is 2.86. The number of esters is 1. The van der Waals surface area contributed by atoms with Crippen molar-refractivity contribution >= 4 is 45.6 Å². The van der Waals surface area contributed by atoms with Crippen LogP contribution in [0.3, 0.4) is 0 Å². The molecule has 0 aliphatic heterocycles. The minimum atomic E-state index is -1.07. The molecule has 0 fully saturated rings. The fraction of sp³-hybridized carbons (Fsp3) is 0.0909. The topological polar surface area (TPSA) is 89.4 Å². The highest BCUT2D eigenvalue weighted by molar-refractivity contribution is 6.33. The fourth-order valence-electron chi connectivity index (χ4n) is 3.16. The van der Waals surface area contributed by atoms with Crippen LogP contribution >= 0.6 is 11.6 Å². The van der Waals surface area contributed by atoms with E-state index in [1.54, 1.807) is 61.5 Å². The van der Waals surface area contributed by atoms with E-state index in [0.717, 1.165) is 0 Å². The summed E-state index contributed by atoms with van der Waals surface area (Å²) >= 11 is 6.08. The lowest BCUT2D eigenvalue weighted by atomic mass is 10.1. The Morgan fingerprint density at radius 1 is 0.897 bits per heavy atom. The van der Waals surface area contributed by atoms with Gasteiger partial charge in [-0.25, -0.2) is 19.6 Å². The number of hydrogen-bond acceptors (Lipinski definition) is 5. The Morgan fingerprint density at radius 3 is 2.24 bits per heavy atom. The summed E-state index contributed by atoms with van der Waals surface area (Å²) in [6.07, 6.45) is -0.614. The molecule has 0 aliphatic carbocycles. The number of carboxylic acid groups (broad SMARTS) is 1. The number of halogens is 1. The van der Waals surface area contributed by atoms with Crippen LogP contribution < -0.4 is 0 Å². The second-order valence-electron chi connectivity index (χ2n) is 6.44. The van der Waals surface area contributed by atoms with Crippen LogP contribution in [-0.2, 0) is 4.74 Å². The second-order valence-corrected chi connectivity index (χ2v) is 6.85. The molecule has 0 saturated carbocycles. The highest BCUT2D eigenvalue weighted by atomic mass is 35.5. The van der Waals surface area contributed by atoms with Crippen LogP contribution in [0.4, 0.5) is 0 Å². The number of carbonyl (C=O) groups excluding carboxylic acids is 1. The number of ether oxygens (including phenoxy) is 1. The zero-order chi connectivity index (χ0) is 20.5. The summed E-state index contributed by atoms with van der Waals surface area (Å²) in [4.78, 5) is 33.1. The van der Waals surface area contributed by atoms with Crippen LogP contribution in [0.1, 0.15) is 39.3 Å². The molecule has 1 atom stereocenters. The molecule has 3 aromatic carbocycles. The van der Waals surface area contributed by atoms with Gasteiger partial charge in [0.25, 0.3) is 0 Å². The summed E-state index contributed by atoms with van der Waals surface area (Å²) < 4.78 is 5.60. The fourth-order valence-corrected chi connectivity index (χ4v) is 3.37. The van der Waals surface area contributed by atoms with Gasteiger partial charge in [0, 0.05) is 5.56 Å². The third-order valence-corrected chi connectivity index (χ3v) is 4.90. The third kappa shape index (κ3) is 3.50. The van der Waals surface area contributed by atoms with Crippen molar-refractivity contribution in [2.24, 2.45) is 0 Å². The van der Waals surface area contributed by atoms with E-state index < -0.39 is 18.0 Å². The number of benzene rings is 3. The Balaban J connectivity index is 1.77. The molecule has 0 aliphatic rings. The lowest BCUT2D eigenvalue weighted by Crippen LogP contribution is -2.10. The van der Waals surface area contributed by atoms with Crippen LogP contribution in [0.2, 0.25) is 5.02 Å². The van der Waals surface area contributed by atoms with Crippen molar-refractivity contribution in [3.63, 3.8) is 0 Å². The quantitative estimate of drug-likeness (QED) is 0.376. The van der Waals surface area contributed by atoms with Crippen molar-refractivity contribution in [3.8, 4) is 0 Å². The summed E-state index contributed by atoms with van der Waals surface area (Å²) in [5, 5.41) is 9.71. The first-order valence-electron chi connectivity index (χ1n) is 8.84. The van der Waals surface area contributed by atoms with E-state index in [-0.39, 0.29) is 11.1 Å². The zero-order valence-corrected chi connectivity index (χ0v) is 16.1. The van der Waals surface area contributed by atoms with Crippen molar-refractivity contribution in [2.75, 3.05) is 0 Å². The highest BCUT2D eigenvalue weighted by Crippen LogP contribution is 2.28. The first-order valence-corrected chi connectivity index (χ1v) is 9.21. The summed E-state index contributed by atoms with van der Waals surface area (Å²) in [7, 11) is 0. The summed E-state index contributed by atoms with van der Waals surface area (Å²) in [6, 6.07) is 16.8. The maximum absolute atomic E-state index is 12.5. The molecule has 1 heterocycles. The standard InChI is InChI=1S/C22H15ClN2O4/c1-12(29-22(28)14-6-2-3-9-16(14)23)13-7-4-10-17-19(13)24-18-11-5-8-15(21(26)27)20(18)25-17/h2-12H,1H3,(H,26,27). The third-order valence-electron chi connectivity index (χ3n) is 4.57. The van der Waals surface area contributed by atoms with Gasteiger partial charge in [-0.15, -0.1) is 0 Å². The number of rotatable bonds is 4. The molecule has 1 unspecified atom stereocenters. The predicted octanol–water partition coefficient (Wildman–Crippen LogP) is 5.05. The summed E-state index contributed by atoms with van der Waals surface area (Å²) in [6.45, 7) is 1.74. The molecule has 4 rings (SSSR count). The smallest absolute Gasteiger partial charge is 0.340 e. The number of fused-ring (bicyclic) bond motifs is 2. The first-order chi connectivity index (χ1) is 14.0. The van der Waals surface area contributed by atoms with Gasteiger partial charge in [-0.3, -0.25) is 0 Å². The minimum absolute atomic E-state index is 0.0838. The monoisotopic (exact) mass is 406 g/mol. The zero-order valence-electron chi connectivity index (χ0n) is 15.3. The first kappa shape index (κ1) is 18.8. The molecule has 0 radical (unpaired) electrons. The molecular weight excluding hydrogens is 392 g/mol. The normalized spacial score (nSPS) is 12.1. The molecule has 144 valence electrons. The molecule has 6 nitrogen and oxygen atoms in total. The molecule has 4 aromatic rings. The van der Waals surface area contributed by atoms with Gasteiger partial charge in [0.2, 0.25) is 0 Å². The van der Waals surface area contributed by atoms with Gasteiger partial charge in [0.15, 0.2) is 0 Å². The molecule has 1 aromatic heterocycles. The van der Waals surface area contributed by atoms with E-state index in [2.05, 4.69) is 9.97 Å². The lowest BCUT2D eigenvalue weighted by molar-refractivity contribution is 0.0340. The Labute approximate surface area is 170 Å². The van der Waals surface area contributed by atoms with Gasteiger partial charge < -0.3 is 9.84 Å². The molecule has 0 bridgehead atoms. The Morgan fingerprint density at radius 2 is 1.52 bits per heavy atom. The van der Waals surface area contributed by atoms with Gasteiger partial charge in [-0.1, -0.05) is 41.9 Å². The van der Waals surface area contributed by atoms with E-state index in [4.69, 9.17) is 16.3 Å². The number of para-hydroxylation sites is 2. The van der Waals surface area contributed by atoms with E-state index in [1.165, 1.54) is 6.07 Å². The number of carboxylic acids is 1. The molecule has 7 heteroatoms. The van der Waals surface area contributed by atoms with Crippen LogP contribution in [-0.4, -0.2) is 27.0 Å². The number of aromatic carboxylic acids is 1. The number of nitrogens with zero attached hydrogens (tertiary/aromatic N) is 2. The second kappa shape index (κ2) is 7.48. The van der Waals surface area contributed by atoms with E-state index in [1.807, 2.05) is 0 Å². The van der Waals surface area contributed by atoms with Crippen molar-refractivity contribution in [2.45, 2.75) is 13.0 Å². The average molecular weight is 407 g/mol. The van der Waals surface area contributed by atoms with Crippen molar-refractivity contribution in [1.29, 1.82) is 0 Å². The predicted molar refractivity (Wildman–Crippen MR) is 109 cm³/mol. The van der Waals surface area contributed by atoms with Crippen molar-refractivity contribution < 1.29 is 19.4 Å². The van der Waals surface area contributed by atoms with Crippen LogP contribution in [0.15, 0.2) is 60.7 Å². The SMILES string of the molecule is CC(OC(=O)c1ccccc1Cl)c1cccc2nc3c(C(=O)O)cccc3nc12. The van der Waals surface area contributed by atoms with Crippen LogP contribution in [0, 0.1) is 0 Å². The van der Waals surface area contributed by atoms with E-state index >= 15 is 0 Å². The number of carbonyl (C=O) groups is 2. The van der Waals surface area contributed by atoms with Crippen LogP contribution in [0.5, 0.6) is 0 Å². The lowest BCUT2D eigenvalue weighted by Gasteiger charge is -2.16. The van der Waals surface area contributed by atoms with Gasteiger partial charge in [-0.2, -0.15) is 0 Å². The molecule has 0 amide bonds. The molecule has 0 saturated heterocycles. The largest absolute Gasteiger partial charge is 0.478 e. The molecule has 0 spiro atoms. The van der Waals surface area contributed by atoms with E-state index in [0.29, 0.717) is 32.7 Å². The Bertz CT molecular complexity index is 1270. The van der Waals surface area contributed by atoms with E-state index in [9.17, 15) is 14.7 Å². The van der Waals surface area contributed by atoms with Crippen molar-refractivity contribution in [1.82, 2.24) is 9.97 Å². The van der Waals surface area contributed by atoms with Gasteiger partial charge in [-0.05, 0) is 37.3 Å². The maximum Gasteiger partial charge on any atom is 0.340 e. The Hall–Kier alpha value is -3.51. The maximum atomic E-state index is 12.5. The van der Waals surface area contributed by atoms with Gasteiger partial charge >= 0.3 is 11.9 Å². The highest BCUT2D eigenvalue weighted by Gasteiger charge is 2.20. The molecule has 29 heavy (non-hydrogen) atoms. The number of aromatic nitrogens is 2. The van der Waals surface area contributed by atoms with Crippen LogP contribution in [0.25, 0.3) is 22.1 Å². The van der Waals surface area contributed by atoms with Gasteiger partial charge in [0.1, 0.15) is 11.6 Å². The average Bonchev–Trinajstić information content (AvgIpc) is 2.71. The summed E-state index contributed by atoms with van der Waals surface area (Å²) in [5.74, 6) is -1.61. The van der Waals surface area contributed by atoms with Gasteiger partial charge in [0.05, 0.1) is 32.7 Å². The molecular formula is C22H15ClN2O4. The molecule has 1 N–H and O–H groups in total.